The fourth-order valence-electron chi connectivity index (χ4n) is 3.23. The third-order valence-electron chi connectivity index (χ3n) is 5.09. The Labute approximate surface area is 189 Å². The molecule has 5 heteroatoms. The van der Waals surface area contributed by atoms with Gasteiger partial charge in [-0.25, -0.2) is 4.98 Å². The molecule has 0 radical (unpaired) electrons. The Bertz CT molecular complexity index is 1150. The van der Waals surface area contributed by atoms with E-state index in [4.69, 9.17) is 4.42 Å². The van der Waals surface area contributed by atoms with E-state index in [0.29, 0.717) is 17.3 Å². The van der Waals surface area contributed by atoms with Gasteiger partial charge in [-0.3, -0.25) is 4.79 Å². The minimum absolute atomic E-state index is 0.0745. The highest BCUT2D eigenvalue weighted by atomic mass is 16.4. The van der Waals surface area contributed by atoms with Gasteiger partial charge in [-0.15, -0.1) is 0 Å². The van der Waals surface area contributed by atoms with Crippen LogP contribution in [0.25, 0.3) is 5.57 Å². The average molecular weight is 428 g/mol. The molecule has 0 amide bonds. The highest BCUT2D eigenvalue weighted by Crippen LogP contribution is 2.27. The molecule has 0 saturated heterocycles. The van der Waals surface area contributed by atoms with Crippen LogP contribution in [-0.2, 0) is 0 Å². The van der Waals surface area contributed by atoms with Crippen molar-refractivity contribution in [2.75, 3.05) is 23.8 Å². The lowest BCUT2D eigenvalue weighted by Crippen LogP contribution is -2.25. The molecule has 1 N–H and O–H groups in total. The van der Waals surface area contributed by atoms with Crippen LogP contribution in [0, 0.1) is 13.8 Å². The van der Waals surface area contributed by atoms with E-state index in [-0.39, 0.29) is 12.3 Å². The van der Waals surface area contributed by atoms with Crippen molar-refractivity contribution in [2.24, 2.45) is 0 Å². The lowest BCUT2D eigenvalue weighted by molar-refractivity contribution is 0.100. The van der Waals surface area contributed by atoms with Gasteiger partial charge in [0.2, 0.25) is 0 Å². The average Bonchev–Trinajstić information content (AvgIpc) is 3.24. The summed E-state index contributed by atoms with van der Waals surface area (Å²) in [6, 6.07) is 14.1. The SMILES string of the molecule is C=C/C=C(\C=C/C)c1cnc(Nc2cc(N(C)CC(=O)c3ccc(C)cc3)ccc2C)o1. The number of nitrogens with one attached hydrogen (secondary N) is 1. The number of ketones is 1. The minimum atomic E-state index is 0.0745. The summed E-state index contributed by atoms with van der Waals surface area (Å²) in [4.78, 5) is 18.9. The Kier molecular flexibility index (Phi) is 7.45. The first-order valence-electron chi connectivity index (χ1n) is 10.5. The molecule has 2 aromatic carbocycles. The van der Waals surface area contributed by atoms with Gasteiger partial charge in [-0.1, -0.05) is 66.8 Å². The molecule has 0 aliphatic heterocycles. The van der Waals surface area contributed by atoms with E-state index in [9.17, 15) is 4.79 Å². The molecule has 164 valence electrons. The molecular weight excluding hydrogens is 398 g/mol. The summed E-state index contributed by atoms with van der Waals surface area (Å²) in [5.74, 6) is 0.727. The summed E-state index contributed by atoms with van der Waals surface area (Å²) in [6.07, 6.45) is 9.15. The van der Waals surface area contributed by atoms with Crippen molar-refractivity contribution < 1.29 is 9.21 Å². The van der Waals surface area contributed by atoms with Crippen molar-refractivity contribution in [3.05, 3.63) is 102 Å². The molecule has 1 aromatic heterocycles. The maximum Gasteiger partial charge on any atom is 0.299 e. The molecule has 1 heterocycles. The van der Waals surface area contributed by atoms with Gasteiger partial charge in [0, 0.05) is 29.6 Å². The van der Waals surface area contributed by atoms with Gasteiger partial charge in [0.1, 0.15) is 0 Å². The molecule has 5 nitrogen and oxygen atoms in total. The van der Waals surface area contributed by atoms with E-state index in [2.05, 4.69) is 16.9 Å². The first kappa shape index (κ1) is 22.8. The number of oxazole rings is 1. The summed E-state index contributed by atoms with van der Waals surface area (Å²) < 4.78 is 5.88. The standard InChI is InChI=1S/C27H29N3O2/c1-6-8-22(9-7-2)26-17-28-27(32-26)29-24-16-23(15-12-20(24)4)30(5)18-25(31)21-13-10-19(3)11-14-21/h6-17H,1,18H2,2-5H3,(H,28,29)/b9-7-,22-8+. The van der Waals surface area contributed by atoms with Crippen LogP contribution in [-0.4, -0.2) is 24.4 Å². The summed E-state index contributed by atoms with van der Waals surface area (Å²) in [7, 11) is 1.91. The Morgan fingerprint density at radius 2 is 1.94 bits per heavy atom. The van der Waals surface area contributed by atoms with E-state index < -0.39 is 0 Å². The smallest absolute Gasteiger partial charge is 0.299 e. The highest BCUT2D eigenvalue weighted by Gasteiger charge is 2.13. The van der Waals surface area contributed by atoms with Gasteiger partial charge in [-0.05, 0) is 38.5 Å². The van der Waals surface area contributed by atoms with Gasteiger partial charge in [0.25, 0.3) is 6.01 Å². The molecule has 0 saturated carbocycles. The molecule has 0 atom stereocenters. The lowest BCUT2D eigenvalue weighted by Gasteiger charge is -2.20. The zero-order valence-electron chi connectivity index (χ0n) is 19.1. The second-order valence-corrected chi connectivity index (χ2v) is 7.66. The number of rotatable bonds is 9. The van der Waals surface area contributed by atoms with Crippen molar-refractivity contribution in [2.45, 2.75) is 20.8 Å². The third-order valence-corrected chi connectivity index (χ3v) is 5.09. The monoisotopic (exact) mass is 427 g/mol. The second kappa shape index (κ2) is 10.4. The Balaban J connectivity index is 1.76. The molecule has 0 unspecified atom stereocenters. The molecule has 3 rings (SSSR count). The topological polar surface area (TPSA) is 58.4 Å². The van der Waals surface area contributed by atoms with Gasteiger partial charge in [0.05, 0.1) is 12.7 Å². The number of allylic oxidation sites excluding steroid dienone is 5. The molecule has 0 bridgehead atoms. The van der Waals surface area contributed by atoms with Gasteiger partial charge in [-0.2, -0.15) is 0 Å². The maximum absolute atomic E-state index is 12.7. The third kappa shape index (κ3) is 5.64. The van der Waals surface area contributed by atoms with Crippen LogP contribution >= 0.6 is 0 Å². The van der Waals surface area contributed by atoms with Crippen molar-refractivity contribution in [1.29, 1.82) is 0 Å². The van der Waals surface area contributed by atoms with Gasteiger partial charge >= 0.3 is 0 Å². The number of hydrogen-bond acceptors (Lipinski definition) is 5. The van der Waals surface area contributed by atoms with Crippen LogP contribution in [0.4, 0.5) is 17.4 Å². The van der Waals surface area contributed by atoms with Gasteiger partial charge < -0.3 is 14.6 Å². The summed E-state index contributed by atoms with van der Waals surface area (Å²) in [6.45, 7) is 10.00. The van der Waals surface area contributed by atoms with E-state index in [1.54, 1.807) is 12.3 Å². The van der Waals surface area contributed by atoms with Crippen LogP contribution < -0.4 is 10.2 Å². The number of carbonyl (C=O) groups is 1. The van der Waals surface area contributed by atoms with Crippen molar-refractivity contribution >= 4 is 28.7 Å². The lowest BCUT2D eigenvalue weighted by atomic mass is 10.1. The molecule has 32 heavy (non-hydrogen) atoms. The number of Topliss-reactive ketones (excluding diaryl/α,β-unsaturated/α-hetero) is 1. The van der Waals surface area contributed by atoms with Crippen molar-refractivity contribution in [3.8, 4) is 0 Å². The number of benzene rings is 2. The normalized spacial score (nSPS) is 11.6. The zero-order valence-corrected chi connectivity index (χ0v) is 19.1. The summed E-state index contributed by atoms with van der Waals surface area (Å²) in [5, 5.41) is 3.25. The minimum Gasteiger partial charge on any atom is -0.423 e. The first-order chi connectivity index (χ1) is 15.4. The number of hydrogen-bond donors (Lipinski definition) is 1. The fourth-order valence-corrected chi connectivity index (χ4v) is 3.23. The zero-order chi connectivity index (χ0) is 23.1. The van der Waals surface area contributed by atoms with E-state index in [1.165, 1.54) is 0 Å². The van der Waals surface area contributed by atoms with Crippen LogP contribution in [0.1, 0.15) is 34.2 Å². The Morgan fingerprint density at radius 3 is 2.62 bits per heavy atom. The van der Waals surface area contributed by atoms with Crippen molar-refractivity contribution in [1.82, 2.24) is 4.98 Å². The number of anilines is 3. The molecule has 0 aliphatic rings. The largest absolute Gasteiger partial charge is 0.423 e. The molecule has 3 aromatic rings. The Hall–Kier alpha value is -3.86. The summed E-state index contributed by atoms with van der Waals surface area (Å²) in [5.41, 5.74) is 5.57. The molecule has 0 aliphatic carbocycles. The summed E-state index contributed by atoms with van der Waals surface area (Å²) >= 11 is 0. The quantitative estimate of drug-likeness (QED) is 0.312. The van der Waals surface area contributed by atoms with E-state index in [0.717, 1.165) is 28.1 Å². The molecule has 0 fully saturated rings. The predicted octanol–water partition coefficient (Wildman–Crippen LogP) is 6.50. The van der Waals surface area contributed by atoms with Crippen LogP contribution in [0.2, 0.25) is 0 Å². The van der Waals surface area contributed by atoms with Gasteiger partial charge in [0.15, 0.2) is 11.5 Å². The van der Waals surface area contributed by atoms with E-state index >= 15 is 0 Å². The fraction of sp³-hybridized carbons (Fsp3) is 0.185. The number of aromatic nitrogens is 1. The predicted molar refractivity (Wildman–Crippen MR) is 133 cm³/mol. The molecular formula is C27H29N3O2. The maximum atomic E-state index is 12.7. The number of likely N-dealkylation sites (N-methyl/N-ethyl adjacent to an activating group) is 1. The van der Waals surface area contributed by atoms with Crippen LogP contribution in [0.15, 0.2) is 84.0 Å². The van der Waals surface area contributed by atoms with Crippen molar-refractivity contribution in [3.63, 3.8) is 0 Å². The number of aryl methyl sites for hydroxylation is 2. The number of carbonyl (C=O) groups excluding carboxylic acids is 1. The van der Waals surface area contributed by atoms with Crippen LogP contribution in [0.5, 0.6) is 0 Å². The van der Waals surface area contributed by atoms with E-state index in [1.807, 2.05) is 93.4 Å². The second-order valence-electron chi connectivity index (χ2n) is 7.66. The first-order valence-corrected chi connectivity index (χ1v) is 10.5. The van der Waals surface area contributed by atoms with Crippen LogP contribution in [0.3, 0.4) is 0 Å². The Morgan fingerprint density at radius 1 is 1.19 bits per heavy atom. The number of nitrogens with zero attached hydrogens (tertiary/aromatic N) is 2. The highest BCUT2D eigenvalue weighted by molar-refractivity contribution is 5.99. The molecule has 0 spiro atoms.